The van der Waals surface area contributed by atoms with Crippen LogP contribution in [0, 0.1) is 6.92 Å². The van der Waals surface area contributed by atoms with Crippen LogP contribution in [0.3, 0.4) is 0 Å². The Morgan fingerprint density at radius 3 is 2.94 bits per heavy atom. The van der Waals surface area contributed by atoms with Crippen molar-refractivity contribution >= 4 is 39.3 Å². The molecule has 3 N–H and O–H groups in total. The van der Waals surface area contributed by atoms with Crippen molar-refractivity contribution in [3.05, 3.63) is 28.2 Å². The molecule has 0 saturated heterocycles. The largest absolute Gasteiger partial charge is 0.324 e. The minimum atomic E-state index is -0.444. The molecule has 1 amide bonds. The first kappa shape index (κ1) is 14.5. The predicted octanol–water partition coefficient (Wildman–Crippen LogP) is 2.78. The van der Waals surface area contributed by atoms with E-state index in [0.717, 1.165) is 21.5 Å². The van der Waals surface area contributed by atoms with Crippen LogP contribution in [0.2, 0.25) is 0 Å². The van der Waals surface area contributed by atoms with Crippen LogP contribution < -0.4 is 11.1 Å². The molecule has 0 fully saturated rings. The first-order valence-corrected chi connectivity index (χ1v) is 7.55. The van der Waals surface area contributed by atoms with E-state index in [1.807, 2.05) is 31.4 Å². The number of thioether (sulfide) groups is 1. The Labute approximate surface area is 115 Å². The van der Waals surface area contributed by atoms with E-state index < -0.39 is 6.04 Å². The number of carbonyl (C=O) groups is 1. The van der Waals surface area contributed by atoms with Gasteiger partial charge in [0.25, 0.3) is 0 Å². The fourth-order valence-corrected chi connectivity index (χ4v) is 2.18. The number of rotatable bonds is 5. The van der Waals surface area contributed by atoms with E-state index in [1.165, 1.54) is 0 Å². The van der Waals surface area contributed by atoms with Crippen LogP contribution in [0.25, 0.3) is 0 Å². The molecule has 0 spiro atoms. The van der Waals surface area contributed by atoms with Crippen LogP contribution >= 0.6 is 27.7 Å². The van der Waals surface area contributed by atoms with Crippen LogP contribution in [0.1, 0.15) is 12.0 Å². The van der Waals surface area contributed by atoms with Crippen LogP contribution in [0.4, 0.5) is 5.69 Å². The summed E-state index contributed by atoms with van der Waals surface area (Å²) in [6.45, 7) is 1.95. The Hall–Kier alpha value is -0.520. The van der Waals surface area contributed by atoms with Crippen LogP contribution in [-0.4, -0.2) is 24.0 Å². The number of hydrogen-bond acceptors (Lipinski definition) is 3. The molecule has 0 aromatic heterocycles. The van der Waals surface area contributed by atoms with Gasteiger partial charge in [-0.05, 0) is 43.0 Å². The molecule has 0 radical (unpaired) electrons. The molecule has 0 saturated carbocycles. The van der Waals surface area contributed by atoms with E-state index in [4.69, 9.17) is 5.73 Å². The molecule has 1 aromatic rings. The molecule has 0 bridgehead atoms. The van der Waals surface area contributed by atoms with Crippen molar-refractivity contribution in [2.45, 2.75) is 19.4 Å². The van der Waals surface area contributed by atoms with Gasteiger partial charge in [-0.25, -0.2) is 0 Å². The first-order chi connectivity index (χ1) is 8.04. The van der Waals surface area contributed by atoms with E-state index in [-0.39, 0.29) is 5.91 Å². The van der Waals surface area contributed by atoms with E-state index in [2.05, 4.69) is 21.2 Å². The average Bonchev–Trinajstić information content (AvgIpc) is 2.30. The van der Waals surface area contributed by atoms with Gasteiger partial charge in [-0.1, -0.05) is 22.0 Å². The molecule has 0 aliphatic rings. The quantitative estimate of drug-likeness (QED) is 0.878. The standard InChI is InChI=1S/C12H17BrN2OS/c1-8-3-4-9(13)7-11(8)15-12(16)10(14)5-6-17-2/h3-4,7,10H,5-6,14H2,1-2H3,(H,15,16)/t10-/m1/s1. The van der Waals surface area contributed by atoms with Crippen molar-refractivity contribution in [3.63, 3.8) is 0 Å². The highest BCUT2D eigenvalue weighted by atomic mass is 79.9. The maximum atomic E-state index is 11.8. The maximum Gasteiger partial charge on any atom is 0.241 e. The van der Waals surface area contributed by atoms with Gasteiger partial charge < -0.3 is 11.1 Å². The SMILES string of the molecule is CSCC[C@@H](N)C(=O)Nc1cc(Br)ccc1C. The van der Waals surface area contributed by atoms with Gasteiger partial charge in [-0.15, -0.1) is 0 Å². The zero-order valence-electron chi connectivity index (χ0n) is 10.00. The number of amides is 1. The Balaban J connectivity index is 2.64. The fourth-order valence-electron chi connectivity index (χ4n) is 1.33. The van der Waals surface area contributed by atoms with Gasteiger partial charge in [0.2, 0.25) is 5.91 Å². The van der Waals surface area contributed by atoms with Crippen LogP contribution in [0.15, 0.2) is 22.7 Å². The van der Waals surface area contributed by atoms with Crippen molar-refractivity contribution in [3.8, 4) is 0 Å². The summed E-state index contributed by atoms with van der Waals surface area (Å²) < 4.78 is 0.941. The Kier molecular flexibility index (Phi) is 6.02. The number of nitrogens with one attached hydrogen (secondary N) is 1. The van der Waals surface area contributed by atoms with E-state index >= 15 is 0 Å². The van der Waals surface area contributed by atoms with Crippen molar-refractivity contribution in [2.75, 3.05) is 17.3 Å². The highest BCUT2D eigenvalue weighted by Gasteiger charge is 2.13. The molecule has 1 atom stereocenters. The molecule has 17 heavy (non-hydrogen) atoms. The summed E-state index contributed by atoms with van der Waals surface area (Å²) >= 11 is 5.07. The summed E-state index contributed by atoms with van der Waals surface area (Å²) in [5.41, 5.74) is 7.64. The predicted molar refractivity (Wildman–Crippen MR) is 78.5 cm³/mol. The highest BCUT2D eigenvalue weighted by molar-refractivity contribution is 9.10. The van der Waals surface area contributed by atoms with Gasteiger partial charge in [0.05, 0.1) is 6.04 Å². The summed E-state index contributed by atoms with van der Waals surface area (Å²) in [4.78, 5) is 11.8. The molecule has 94 valence electrons. The highest BCUT2D eigenvalue weighted by Crippen LogP contribution is 2.20. The average molecular weight is 317 g/mol. The van der Waals surface area contributed by atoms with E-state index in [9.17, 15) is 4.79 Å². The normalized spacial score (nSPS) is 12.2. The monoisotopic (exact) mass is 316 g/mol. The lowest BCUT2D eigenvalue weighted by Crippen LogP contribution is -2.36. The van der Waals surface area contributed by atoms with Gasteiger partial charge >= 0.3 is 0 Å². The number of halogens is 1. The zero-order chi connectivity index (χ0) is 12.8. The summed E-state index contributed by atoms with van der Waals surface area (Å²) in [6.07, 6.45) is 2.70. The second-order valence-corrected chi connectivity index (χ2v) is 5.74. The van der Waals surface area contributed by atoms with Crippen LogP contribution in [-0.2, 0) is 4.79 Å². The third-order valence-electron chi connectivity index (χ3n) is 2.43. The van der Waals surface area contributed by atoms with Crippen LogP contribution in [0.5, 0.6) is 0 Å². The number of hydrogen-bond donors (Lipinski definition) is 2. The van der Waals surface area contributed by atoms with Gasteiger partial charge in [0, 0.05) is 10.2 Å². The summed E-state index contributed by atoms with van der Waals surface area (Å²) in [5, 5.41) is 2.86. The third kappa shape index (κ3) is 4.69. The molecule has 3 nitrogen and oxygen atoms in total. The molecule has 0 heterocycles. The lowest BCUT2D eigenvalue weighted by Gasteiger charge is -2.13. The van der Waals surface area contributed by atoms with Gasteiger partial charge in [0.15, 0.2) is 0 Å². The molecule has 5 heteroatoms. The summed E-state index contributed by atoms with van der Waals surface area (Å²) in [5.74, 6) is 0.770. The molecule has 0 unspecified atom stereocenters. The minimum Gasteiger partial charge on any atom is -0.324 e. The van der Waals surface area contributed by atoms with Crippen molar-refractivity contribution in [1.82, 2.24) is 0 Å². The third-order valence-corrected chi connectivity index (χ3v) is 3.56. The number of nitrogens with two attached hydrogens (primary N) is 1. The number of benzene rings is 1. The lowest BCUT2D eigenvalue weighted by molar-refractivity contribution is -0.117. The molecule has 0 aliphatic heterocycles. The Morgan fingerprint density at radius 2 is 2.29 bits per heavy atom. The van der Waals surface area contributed by atoms with Gasteiger partial charge in [0.1, 0.15) is 0 Å². The molecular formula is C12H17BrN2OS. The summed E-state index contributed by atoms with van der Waals surface area (Å²) in [7, 11) is 0. The first-order valence-electron chi connectivity index (χ1n) is 5.36. The number of anilines is 1. The van der Waals surface area contributed by atoms with E-state index in [0.29, 0.717) is 6.42 Å². The maximum absolute atomic E-state index is 11.8. The molecule has 0 aliphatic carbocycles. The van der Waals surface area contributed by atoms with Crippen molar-refractivity contribution < 1.29 is 4.79 Å². The lowest BCUT2D eigenvalue weighted by atomic mass is 10.1. The smallest absolute Gasteiger partial charge is 0.241 e. The zero-order valence-corrected chi connectivity index (χ0v) is 12.4. The number of carbonyl (C=O) groups excluding carboxylic acids is 1. The fraction of sp³-hybridized carbons (Fsp3) is 0.417. The van der Waals surface area contributed by atoms with E-state index in [1.54, 1.807) is 11.8 Å². The molecule has 1 aromatic carbocycles. The van der Waals surface area contributed by atoms with Crippen molar-refractivity contribution in [2.24, 2.45) is 5.73 Å². The van der Waals surface area contributed by atoms with Gasteiger partial charge in [-0.2, -0.15) is 11.8 Å². The Bertz CT molecular complexity index is 398. The number of aryl methyl sites for hydroxylation is 1. The minimum absolute atomic E-state index is 0.125. The second kappa shape index (κ2) is 7.03. The topological polar surface area (TPSA) is 55.1 Å². The van der Waals surface area contributed by atoms with Gasteiger partial charge in [-0.3, -0.25) is 4.79 Å². The Morgan fingerprint density at radius 1 is 1.59 bits per heavy atom. The van der Waals surface area contributed by atoms with Crippen molar-refractivity contribution in [1.29, 1.82) is 0 Å². The molecule has 1 rings (SSSR count). The molecular weight excluding hydrogens is 300 g/mol. The second-order valence-electron chi connectivity index (χ2n) is 3.84. The summed E-state index contributed by atoms with van der Waals surface area (Å²) in [6, 6.07) is 5.33.